The lowest BCUT2D eigenvalue weighted by Crippen LogP contribution is -2.16. The molecule has 0 spiro atoms. The molecule has 0 N–H and O–H groups in total. The summed E-state index contributed by atoms with van der Waals surface area (Å²) in [4.78, 5) is 4.68. The van der Waals surface area contributed by atoms with Gasteiger partial charge in [0.2, 0.25) is 0 Å². The Morgan fingerprint density at radius 3 is 1.03 bits per heavy atom. The van der Waals surface area contributed by atoms with Crippen LogP contribution in [0.5, 0.6) is 0 Å². The first-order valence-electron chi connectivity index (χ1n) is 41.1. The number of fused-ring (bicyclic) bond motifs is 17. The maximum absolute atomic E-state index is 6.71. The minimum Gasteiger partial charge on any atom is -0.456 e. The van der Waals surface area contributed by atoms with Crippen LogP contribution in [0.25, 0.3) is 198 Å². The van der Waals surface area contributed by atoms with E-state index in [1.54, 1.807) is 0 Å². The standard InChI is InChI=1S/C61H40N2O.C52H32N2O/c1-61(2)50-21-10-8-17-45(50)46-33-32-43(35-51(46)61)62(40-14-4-3-5-15-40)41-28-23-37(24-29-41)38-25-30-42(31-26-38)63-52-34-27-39-13-12-20-47-44-16-6-7-18-48(44)58-57-49-19-9-11-22-54(49)64-55(57)36-53(63)60(58)59(52)56(39)47;1-3-13-36(14-4-1)53(37-15-5-2-6-16-37)38-27-22-33(23-28-38)34-24-29-39(30-25-34)54-44-31-26-35-12-11-20-41-40-17-7-8-18-42(40)50-49-43-19-9-10-21-46(43)55-47(49)32-45(54)52(50)51(44)48(35)41/h3-36H,1-2H3;1-32H. The highest BCUT2D eigenvalue weighted by molar-refractivity contribution is 6.37. The molecule has 19 aromatic carbocycles. The van der Waals surface area contributed by atoms with Crippen LogP contribution in [0.1, 0.15) is 25.0 Å². The SMILES string of the molecule is CC1(C)c2ccccc2-c2ccc(N(c3ccccc3)c3ccc(-c4ccc(-n5c6cc7oc8ccccc8c7c7c6c6c8c(cccc8ccc65)-c5ccccc5-7)cc4)cc3)cc21.c1ccc(N(c2ccccc2)c2ccc(-c3ccc(-n4c5cc6oc7ccccc7c6c6c5c5c7c(cccc7ccc54)-c4ccccc4-6)cc3)cc2)cc1. The van der Waals surface area contributed by atoms with Crippen molar-refractivity contribution in [2.45, 2.75) is 19.3 Å². The average Bonchev–Trinajstić information content (AvgIpc) is 1.53. The molecule has 23 aromatic rings. The van der Waals surface area contributed by atoms with Crippen LogP contribution in [0, 0.1) is 0 Å². The molecule has 3 aliphatic rings. The molecule has 4 aromatic heterocycles. The summed E-state index contributed by atoms with van der Waals surface area (Å²) in [5, 5.41) is 14.9. The monoisotopic (exact) mass is 1520 g/mol. The molecule has 0 fully saturated rings. The van der Waals surface area contributed by atoms with Crippen LogP contribution in [0.15, 0.2) is 409 Å². The highest BCUT2D eigenvalue weighted by Crippen LogP contribution is 2.58. The van der Waals surface area contributed by atoms with Crippen molar-refractivity contribution in [3.8, 4) is 89.3 Å². The number of para-hydroxylation sites is 5. The highest BCUT2D eigenvalue weighted by Gasteiger charge is 2.37. The van der Waals surface area contributed by atoms with Crippen molar-refractivity contribution in [3.63, 3.8) is 0 Å². The first-order valence-corrected chi connectivity index (χ1v) is 41.1. The quantitative estimate of drug-likeness (QED) is 0.137. The van der Waals surface area contributed by atoms with Gasteiger partial charge in [-0.05, 0) is 221 Å². The fourth-order valence-corrected chi connectivity index (χ4v) is 20.6. The zero-order valence-electron chi connectivity index (χ0n) is 65.2. The zero-order valence-corrected chi connectivity index (χ0v) is 65.2. The van der Waals surface area contributed by atoms with E-state index in [4.69, 9.17) is 8.83 Å². The molecule has 6 heteroatoms. The Morgan fingerprint density at radius 2 is 0.571 bits per heavy atom. The third-order valence-corrected chi connectivity index (χ3v) is 25.8. The van der Waals surface area contributed by atoms with Gasteiger partial charge in [-0.2, -0.15) is 0 Å². The smallest absolute Gasteiger partial charge is 0.138 e. The van der Waals surface area contributed by atoms with Crippen LogP contribution in [0.3, 0.4) is 0 Å². The highest BCUT2D eigenvalue weighted by atomic mass is 16.3. The zero-order chi connectivity index (χ0) is 78.3. The van der Waals surface area contributed by atoms with Crippen molar-refractivity contribution in [2.24, 2.45) is 0 Å². The van der Waals surface area contributed by atoms with Gasteiger partial charge in [-0.1, -0.05) is 281 Å². The minimum absolute atomic E-state index is 0.0842. The summed E-state index contributed by atoms with van der Waals surface area (Å²) in [6.07, 6.45) is 0. The van der Waals surface area contributed by atoms with Gasteiger partial charge in [-0.25, -0.2) is 0 Å². The van der Waals surface area contributed by atoms with Gasteiger partial charge in [0.15, 0.2) is 0 Å². The van der Waals surface area contributed by atoms with E-state index in [0.29, 0.717) is 0 Å². The van der Waals surface area contributed by atoms with Crippen LogP contribution in [0.2, 0.25) is 0 Å². The van der Waals surface area contributed by atoms with Crippen LogP contribution >= 0.6 is 0 Å². The Balaban J connectivity index is 0.000000134. The number of furan rings is 2. The molecule has 26 rings (SSSR count). The molecule has 0 atom stereocenters. The molecule has 556 valence electrons. The summed E-state index contributed by atoms with van der Waals surface area (Å²) in [6, 6.07) is 146. The normalized spacial score (nSPS) is 12.7. The molecule has 0 unspecified atom stereocenters. The molecule has 0 amide bonds. The fourth-order valence-electron chi connectivity index (χ4n) is 20.6. The molecule has 0 aliphatic heterocycles. The van der Waals surface area contributed by atoms with E-state index in [-0.39, 0.29) is 5.41 Å². The summed E-state index contributed by atoms with van der Waals surface area (Å²) < 4.78 is 18.3. The summed E-state index contributed by atoms with van der Waals surface area (Å²) >= 11 is 0. The average molecular weight is 1520 g/mol. The molecule has 0 saturated heterocycles. The number of anilines is 6. The number of rotatable bonds is 10. The second-order valence-electron chi connectivity index (χ2n) is 32.5. The van der Waals surface area contributed by atoms with Crippen molar-refractivity contribution >= 4 is 143 Å². The summed E-state index contributed by atoms with van der Waals surface area (Å²) in [7, 11) is 0. The summed E-state index contributed by atoms with van der Waals surface area (Å²) in [5.41, 5.74) is 37.3. The lowest BCUT2D eigenvalue weighted by Gasteiger charge is -2.28. The first-order chi connectivity index (χ1) is 58.8. The van der Waals surface area contributed by atoms with Crippen LogP contribution in [-0.4, -0.2) is 9.13 Å². The maximum Gasteiger partial charge on any atom is 0.138 e. The Bertz CT molecular complexity index is 8110. The molecular formula is C113H72N4O2. The summed E-state index contributed by atoms with van der Waals surface area (Å²) in [6.45, 7) is 4.70. The molecule has 6 nitrogen and oxygen atoms in total. The minimum atomic E-state index is -0.0842. The molecule has 3 aliphatic carbocycles. The predicted octanol–water partition coefficient (Wildman–Crippen LogP) is 31.5. The van der Waals surface area contributed by atoms with E-state index in [0.717, 1.165) is 89.6 Å². The van der Waals surface area contributed by atoms with Gasteiger partial charge in [0.05, 0.1) is 22.1 Å². The molecule has 0 saturated carbocycles. The predicted molar refractivity (Wildman–Crippen MR) is 498 cm³/mol. The van der Waals surface area contributed by atoms with E-state index in [2.05, 4.69) is 433 Å². The van der Waals surface area contributed by atoms with Crippen molar-refractivity contribution in [2.75, 3.05) is 9.80 Å². The largest absolute Gasteiger partial charge is 0.456 e. The van der Waals surface area contributed by atoms with Crippen molar-refractivity contribution in [1.82, 2.24) is 9.13 Å². The van der Waals surface area contributed by atoms with Crippen molar-refractivity contribution in [1.29, 1.82) is 0 Å². The van der Waals surface area contributed by atoms with Gasteiger partial charge in [0.25, 0.3) is 0 Å². The van der Waals surface area contributed by atoms with E-state index in [1.807, 2.05) is 0 Å². The van der Waals surface area contributed by atoms with Crippen molar-refractivity contribution < 1.29 is 8.83 Å². The van der Waals surface area contributed by atoms with Gasteiger partial charge in [0.1, 0.15) is 22.3 Å². The molecule has 119 heavy (non-hydrogen) atoms. The second kappa shape index (κ2) is 25.8. The van der Waals surface area contributed by atoms with Crippen LogP contribution < -0.4 is 9.80 Å². The molecular weight excluding hydrogens is 1450 g/mol. The topological polar surface area (TPSA) is 42.6 Å². The van der Waals surface area contributed by atoms with Crippen LogP contribution in [-0.2, 0) is 5.41 Å². The van der Waals surface area contributed by atoms with Gasteiger partial charge < -0.3 is 27.8 Å². The third-order valence-electron chi connectivity index (χ3n) is 25.8. The van der Waals surface area contributed by atoms with Gasteiger partial charge in [-0.15, -0.1) is 0 Å². The lowest BCUT2D eigenvalue weighted by atomic mass is 9.82. The number of benzene rings is 19. The fraction of sp³-hybridized carbons (Fsp3) is 0.0265. The number of hydrogen-bond donors (Lipinski definition) is 0. The van der Waals surface area contributed by atoms with E-state index >= 15 is 0 Å². The van der Waals surface area contributed by atoms with Gasteiger partial charge in [-0.3, -0.25) is 0 Å². The Hall–Kier alpha value is -15.5. The Kier molecular flexibility index (Phi) is 14.5. The first kappa shape index (κ1) is 66.9. The van der Waals surface area contributed by atoms with Gasteiger partial charge in [0, 0.05) is 117 Å². The third kappa shape index (κ3) is 9.95. The van der Waals surface area contributed by atoms with Crippen LogP contribution in [0.4, 0.5) is 34.1 Å². The van der Waals surface area contributed by atoms with Gasteiger partial charge >= 0.3 is 0 Å². The maximum atomic E-state index is 6.71. The lowest BCUT2D eigenvalue weighted by molar-refractivity contribution is 0.660. The number of aromatic nitrogens is 2. The number of hydrogen-bond acceptors (Lipinski definition) is 4. The van der Waals surface area contributed by atoms with E-state index in [1.165, 1.54) is 154 Å². The molecule has 0 radical (unpaired) electrons. The van der Waals surface area contributed by atoms with Crippen molar-refractivity contribution in [3.05, 3.63) is 412 Å². The Labute approximate surface area is 686 Å². The second-order valence-corrected chi connectivity index (χ2v) is 32.5. The number of nitrogens with zero attached hydrogens (tertiary/aromatic N) is 4. The molecule has 0 bridgehead atoms. The molecule has 4 heterocycles. The Morgan fingerprint density at radius 1 is 0.218 bits per heavy atom. The summed E-state index contributed by atoms with van der Waals surface area (Å²) in [5.74, 6) is 0. The van der Waals surface area contributed by atoms with E-state index < -0.39 is 0 Å². The van der Waals surface area contributed by atoms with E-state index in [9.17, 15) is 0 Å².